The third-order valence-electron chi connectivity index (χ3n) is 3.91. The molecule has 5 nitrogen and oxygen atoms in total. The molecule has 0 spiro atoms. The number of rotatable bonds is 4. The first-order valence-electron chi connectivity index (χ1n) is 7.78. The predicted octanol–water partition coefficient (Wildman–Crippen LogP) is 5.04. The number of anilines is 1. The molecule has 0 atom stereocenters. The Bertz CT molecular complexity index is 972. The third kappa shape index (κ3) is 3.61. The van der Waals surface area contributed by atoms with Crippen molar-refractivity contribution in [2.45, 2.75) is 19.4 Å². The van der Waals surface area contributed by atoms with E-state index in [1.165, 1.54) is 12.1 Å². The number of halogens is 3. The standard InChI is InChI=1S/C18H17Br2FN4O/c1-18(2,26-15-7-5-11(22)9-14(15)20)17-24-23-16(25(17)3)12-6-4-10(21)8-13(12)19/h4-9H,22H2,1-3H3. The Hall–Kier alpha value is -1.93. The maximum absolute atomic E-state index is 13.4. The highest BCUT2D eigenvalue weighted by Crippen LogP contribution is 2.35. The third-order valence-corrected chi connectivity index (χ3v) is 5.18. The molecule has 1 heterocycles. The van der Waals surface area contributed by atoms with Gasteiger partial charge in [-0.05, 0) is 82.1 Å². The van der Waals surface area contributed by atoms with Gasteiger partial charge in [0.25, 0.3) is 0 Å². The molecular weight excluding hydrogens is 467 g/mol. The first-order chi connectivity index (χ1) is 12.2. The topological polar surface area (TPSA) is 66.0 Å². The van der Waals surface area contributed by atoms with Crippen molar-refractivity contribution >= 4 is 37.5 Å². The van der Waals surface area contributed by atoms with Gasteiger partial charge >= 0.3 is 0 Å². The monoisotopic (exact) mass is 482 g/mol. The van der Waals surface area contributed by atoms with Crippen molar-refractivity contribution < 1.29 is 9.13 Å². The zero-order chi connectivity index (χ0) is 19.1. The van der Waals surface area contributed by atoms with E-state index in [0.29, 0.717) is 27.6 Å². The lowest BCUT2D eigenvalue weighted by Crippen LogP contribution is -2.29. The molecule has 0 aliphatic rings. The number of benzene rings is 2. The molecule has 0 amide bonds. The molecule has 8 heteroatoms. The Morgan fingerprint density at radius 2 is 1.81 bits per heavy atom. The number of ether oxygens (including phenoxy) is 1. The maximum atomic E-state index is 13.4. The number of aromatic nitrogens is 3. The molecule has 0 aliphatic heterocycles. The molecule has 3 rings (SSSR count). The highest BCUT2D eigenvalue weighted by atomic mass is 79.9. The molecule has 2 N–H and O–H groups in total. The summed E-state index contributed by atoms with van der Waals surface area (Å²) in [4.78, 5) is 0. The fraction of sp³-hybridized carbons (Fsp3) is 0.222. The van der Waals surface area contributed by atoms with Gasteiger partial charge in [0.15, 0.2) is 17.2 Å². The van der Waals surface area contributed by atoms with Crippen molar-refractivity contribution in [3.05, 3.63) is 57.0 Å². The van der Waals surface area contributed by atoms with E-state index in [4.69, 9.17) is 10.5 Å². The van der Waals surface area contributed by atoms with Crippen molar-refractivity contribution in [3.8, 4) is 17.1 Å². The van der Waals surface area contributed by atoms with Gasteiger partial charge in [0.05, 0.1) is 4.47 Å². The largest absolute Gasteiger partial charge is 0.479 e. The first kappa shape index (κ1) is 18.8. The summed E-state index contributed by atoms with van der Waals surface area (Å²) >= 11 is 6.84. The van der Waals surface area contributed by atoms with E-state index >= 15 is 0 Å². The van der Waals surface area contributed by atoms with Crippen LogP contribution in [0.15, 0.2) is 45.3 Å². The normalized spacial score (nSPS) is 11.6. The lowest BCUT2D eigenvalue weighted by atomic mass is 10.1. The molecule has 136 valence electrons. The van der Waals surface area contributed by atoms with Crippen molar-refractivity contribution in [1.82, 2.24) is 14.8 Å². The van der Waals surface area contributed by atoms with Gasteiger partial charge in [-0.3, -0.25) is 0 Å². The van der Waals surface area contributed by atoms with Crippen LogP contribution in [0.1, 0.15) is 19.7 Å². The number of hydrogen-bond acceptors (Lipinski definition) is 4. The summed E-state index contributed by atoms with van der Waals surface area (Å²) in [6, 6.07) is 9.81. The van der Waals surface area contributed by atoms with E-state index in [9.17, 15) is 4.39 Å². The van der Waals surface area contributed by atoms with Gasteiger partial charge in [0, 0.05) is 22.8 Å². The van der Waals surface area contributed by atoms with Gasteiger partial charge in [-0.15, -0.1) is 10.2 Å². The Labute approximate surface area is 167 Å². The van der Waals surface area contributed by atoms with E-state index in [-0.39, 0.29) is 5.82 Å². The molecule has 3 aromatic rings. The van der Waals surface area contributed by atoms with Crippen molar-refractivity contribution in [3.63, 3.8) is 0 Å². The number of nitrogen functional groups attached to an aromatic ring is 1. The molecule has 1 aromatic heterocycles. The SMILES string of the molecule is Cn1c(-c2ccc(F)cc2Br)nnc1C(C)(C)Oc1ccc(N)cc1Br. The summed E-state index contributed by atoms with van der Waals surface area (Å²) in [6.07, 6.45) is 0. The smallest absolute Gasteiger partial charge is 0.176 e. The summed E-state index contributed by atoms with van der Waals surface area (Å²) < 4.78 is 22.7. The molecule has 0 saturated heterocycles. The lowest BCUT2D eigenvalue weighted by Gasteiger charge is -2.26. The average molecular weight is 484 g/mol. The highest BCUT2D eigenvalue weighted by Gasteiger charge is 2.31. The molecule has 0 aliphatic carbocycles. The van der Waals surface area contributed by atoms with Crippen molar-refractivity contribution in [2.24, 2.45) is 7.05 Å². The summed E-state index contributed by atoms with van der Waals surface area (Å²) in [6.45, 7) is 3.81. The van der Waals surface area contributed by atoms with Crippen LogP contribution in [0.25, 0.3) is 11.4 Å². The van der Waals surface area contributed by atoms with Crippen LogP contribution in [0.3, 0.4) is 0 Å². The Morgan fingerprint density at radius 1 is 1.08 bits per heavy atom. The molecule has 0 unspecified atom stereocenters. The van der Waals surface area contributed by atoms with Crippen LogP contribution in [0.5, 0.6) is 5.75 Å². The van der Waals surface area contributed by atoms with Crippen LogP contribution in [-0.4, -0.2) is 14.8 Å². The van der Waals surface area contributed by atoms with E-state index in [2.05, 4.69) is 42.1 Å². The molecule has 0 bridgehead atoms. The van der Waals surface area contributed by atoms with Gasteiger partial charge in [-0.25, -0.2) is 4.39 Å². The molecule has 26 heavy (non-hydrogen) atoms. The second-order valence-corrected chi connectivity index (χ2v) is 8.04. The second kappa shape index (κ2) is 7.00. The molecule has 2 aromatic carbocycles. The fourth-order valence-electron chi connectivity index (χ4n) is 2.68. The summed E-state index contributed by atoms with van der Waals surface area (Å²) in [5, 5.41) is 8.57. The number of hydrogen-bond donors (Lipinski definition) is 1. The van der Waals surface area contributed by atoms with Gasteiger partial charge in [0.2, 0.25) is 0 Å². The molecule has 0 radical (unpaired) electrons. The van der Waals surface area contributed by atoms with E-state index in [1.54, 1.807) is 24.3 Å². The summed E-state index contributed by atoms with van der Waals surface area (Å²) in [5.41, 5.74) is 6.41. The molecule has 0 fully saturated rings. The van der Waals surface area contributed by atoms with Crippen molar-refractivity contribution in [2.75, 3.05) is 5.73 Å². The highest BCUT2D eigenvalue weighted by molar-refractivity contribution is 9.11. The van der Waals surface area contributed by atoms with Gasteiger partial charge in [-0.2, -0.15) is 0 Å². The van der Waals surface area contributed by atoms with E-state index in [0.717, 1.165) is 10.0 Å². The Kier molecular flexibility index (Phi) is 5.07. The van der Waals surface area contributed by atoms with Crippen LogP contribution in [0, 0.1) is 5.82 Å². The van der Waals surface area contributed by atoms with Gasteiger partial charge in [0.1, 0.15) is 11.6 Å². The first-order valence-corrected chi connectivity index (χ1v) is 9.37. The van der Waals surface area contributed by atoms with Gasteiger partial charge < -0.3 is 15.0 Å². The molecule has 0 saturated carbocycles. The van der Waals surface area contributed by atoms with Crippen LogP contribution in [-0.2, 0) is 12.6 Å². The zero-order valence-electron chi connectivity index (χ0n) is 14.4. The van der Waals surface area contributed by atoms with Crippen LogP contribution < -0.4 is 10.5 Å². The fourth-order valence-corrected chi connectivity index (χ4v) is 3.68. The predicted molar refractivity (Wildman–Crippen MR) is 106 cm³/mol. The van der Waals surface area contributed by atoms with E-state index in [1.807, 2.05) is 25.5 Å². The van der Waals surface area contributed by atoms with Crippen LogP contribution >= 0.6 is 31.9 Å². The summed E-state index contributed by atoms with van der Waals surface area (Å²) in [7, 11) is 1.85. The lowest BCUT2D eigenvalue weighted by molar-refractivity contribution is 0.0940. The maximum Gasteiger partial charge on any atom is 0.176 e. The quantitative estimate of drug-likeness (QED) is 0.527. The number of nitrogens with zero attached hydrogens (tertiary/aromatic N) is 3. The average Bonchev–Trinajstić information content (AvgIpc) is 2.92. The van der Waals surface area contributed by atoms with Crippen LogP contribution in [0.2, 0.25) is 0 Å². The Morgan fingerprint density at radius 3 is 2.46 bits per heavy atom. The minimum atomic E-state index is -0.759. The minimum absolute atomic E-state index is 0.320. The summed E-state index contributed by atoms with van der Waals surface area (Å²) in [5.74, 6) is 1.57. The second-order valence-electron chi connectivity index (χ2n) is 6.33. The number of nitrogens with two attached hydrogens (primary N) is 1. The zero-order valence-corrected chi connectivity index (χ0v) is 17.6. The van der Waals surface area contributed by atoms with Gasteiger partial charge in [-0.1, -0.05) is 0 Å². The van der Waals surface area contributed by atoms with Crippen LogP contribution in [0.4, 0.5) is 10.1 Å². The minimum Gasteiger partial charge on any atom is -0.479 e. The van der Waals surface area contributed by atoms with Crippen molar-refractivity contribution in [1.29, 1.82) is 0 Å². The Balaban J connectivity index is 1.97. The molecular formula is C18H17Br2FN4O. The van der Waals surface area contributed by atoms with E-state index < -0.39 is 5.60 Å².